The molecule has 0 unspecified atom stereocenters. The minimum atomic E-state index is -0.421. The lowest BCUT2D eigenvalue weighted by molar-refractivity contribution is -0.183. The Morgan fingerprint density at radius 2 is 1.75 bits per heavy atom. The molecule has 1 aromatic heterocycles. The number of rotatable bonds is 4. The molecule has 1 heterocycles. The highest BCUT2D eigenvalue weighted by Crippen LogP contribution is 2.75. The molecular formula is C34H51N3O3. The highest BCUT2D eigenvalue weighted by Gasteiger charge is 2.69. The van der Waals surface area contributed by atoms with Crippen LogP contribution >= 0.6 is 0 Å². The summed E-state index contributed by atoms with van der Waals surface area (Å²) in [6.07, 6.45) is 15.3. The van der Waals surface area contributed by atoms with Gasteiger partial charge >= 0.3 is 5.97 Å². The van der Waals surface area contributed by atoms with Crippen LogP contribution in [0.4, 0.5) is 0 Å². The Kier molecular flexibility index (Phi) is 6.45. The monoisotopic (exact) mass is 549 g/mol. The van der Waals surface area contributed by atoms with Crippen LogP contribution in [0.5, 0.6) is 0 Å². The Bertz CT molecular complexity index is 1230. The minimum absolute atomic E-state index is 0.00878. The molecule has 8 atom stereocenters. The third kappa shape index (κ3) is 3.57. The van der Waals surface area contributed by atoms with Crippen LogP contribution in [0, 0.1) is 44.8 Å². The first kappa shape index (κ1) is 28.3. The van der Waals surface area contributed by atoms with Gasteiger partial charge in [0.05, 0.1) is 23.4 Å². The predicted octanol–water partition coefficient (Wildman–Crippen LogP) is 5.77. The summed E-state index contributed by atoms with van der Waals surface area (Å²) in [7, 11) is 0. The molecule has 3 saturated carbocycles. The number of allylic oxidation sites excluding steroid dienone is 2. The van der Waals surface area contributed by atoms with Gasteiger partial charge in [0, 0.05) is 24.4 Å². The van der Waals surface area contributed by atoms with E-state index in [4.69, 9.17) is 20.4 Å². The van der Waals surface area contributed by atoms with Crippen molar-refractivity contribution in [3.63, 3.8) is 0 Å². The molecule has 0 spiro atoms. The van der Waals surface area contributed by atoms with Crippen LogP contribution in [0.25, 0.3) is 0 Å². The van der Waals surface area contributed by atoms with Crippen LogP contribution in [-0.4, -0.2) is 40.8 Å². The summed E-state index contributed by atoms with van der Waals surface area (Å²) < 4.78 is 5.83. The van der Waals surface area contributed by atoms with E-state index >= 15 is 0 Å². The van der Waals surface area contributed by atoms with E-state index < -0.39 is 5.41 Å². The molecule has 5 aliphatic carbocycles. The molecule has 6 rings (SSSR count). The molecular weight excluding hydrogens is 498 g/mol. The molecule has 1 aromatic rings. The van der Waals surface area contributed by atoms with Crippen LogP contribution in [-0.2, 0) is 21.4 Å². The van der Waals surface area contributed by atoms with Crippen molar-refractivity contribution >= 4 is 5.97 Å². The molecule has 5 aliphatic rings. The second kappa shape index (κ2) is 9.10. The van der Waals surface area contributed by atoms with Crippen LogP contribution in [0.15, 0.2) is 24.0 Å². The fourth-order valence-electron chi connectivity index (χ4n) is 11.2. The average Bonchev–Trinajstić information content (AvgIpc) is 2.91. The molecule has 6 nitrogen and oxygen atoms in total. The molecule has 6 heteroatoms. The standard InChI is InChI=1S/C34H51N3O3/c1-29(2)11-13-34(28(39)40-18-15-35)14-12-32(5)22(23(34)19-29)7-8-26-30(3)20-24-27(37-17-16-36-24)31(4,21-38)25(30)9-10-33(26,32)6/h7,16-17,23,25-26,38H,8-15,18-21,35H2,1-6H3/t23-,25+,26+,30-,31-,32+,33+,34-/m0/s1. The summed E-state index contributed by atoms with van der Waals surface area (Å²) in [4.78, 5) is 23.4. The Morgan fingerprint density at radius 3 is 2.48 bits per heavy atom. The van der Waals surface area contributed by atoms with Gasteiger partial charge in [-0.2, -0.15) is 0 Å². The van der Waals surface area contributed by atoms with Crippen molar-refractivity contribution in [3.8, 4) is 0 Å². The second-order valence-electron chi connectivity index (χ2n) is 15.9. The largest absolute Gasteiger partial charge is 0.464 e. The number of aliphatic hydroxyl groups excluding tert-OH is 1. The molecule has 40 heavy (non-hydrogen) atoms. The number of carbonyl (C=O) groups is 1. The quantitative estimate of drug-likeness (QED) is 0.366. The van der Waals surface area contributed by atoms with E-state index in [2.05, 4.69) is 47.6 Å². The van der Waals surface area contributed by atoms with Gasteiger partial charge in [0.2, 0.25) is 0 Å². The van der Waals surface area contributed by atoms with Gasteiger partial charge in [-0.25, -0.2) is 0 Å². The van der Waals surface area contributed by atoms with Gasteiger partial charge in [-0.3, -0.25) is 14.8 Å². The van der Waals surface area contributed by atoms with Crippen LogP contribution in [0.3, 0.4) is 0 Å². The van der Waals surface area contributed by atoms with Gasteiger partial charge in [-0.1, -0.05) is 53.2 Å². The minimum Gasteiger partial charge on any atom is -0.464 e. The summed E-state index contributed by atoms with van der Waals surface area (Å²) in [5.74, 6) is 1.05. The molecule has 0 aliphatic heterocycles. The summed E-state index contributed by atoms with van der Waals surface area (Å²) in [5.41, 5.74) is 8.90. The maximum absolute atomic E-state index is 13.8. The number of esters is 1. The van der Waals surface area contributed by atoms with E-state index in [-0.39, 0.29) is 45.6 Å². The maximum atomic E-state index is 13.8. The molecule has 3 N–H and O–H groups in total. The lowest BCUT2D eigenvalue weighted by Gasteiger charge is -2.70. The smallest absolute Gasteiger partial charge is 0.312 e. The lowest BCUT2D eigenvalue weighted by atomic mass is 9.33. The van der Waals surface area contributed by atoms with Crippen molar-refractivity contribution < 1.29 is 14.6 Å². The third-order valence-electron chi connectivity index (χ3n) is 13.6. The zero-order valence-corrected chi connectivity index (χ0v) is 25.7. The van der Waals surface area contributed by atoms with E-state index in [0.29, 0.717) is 25.0 Å². The fraction of sp³-hybridized carbons (Fsp3) is 0.794. The molecule has 3 fully saturated rings. The number of hydrogen-bond acceptors (Lipinski definition) is 6. The molecule has 0 saturated heterocycles. The topological polar surface area (TPSA) is 98.3 Å². The number of nitrogens with zero attached hydrogens (tertiary/aromatic N) is 2. The first-order chi connectivity index (χ1) is 18.8. The van der Waals surface area contributed by atoms with Gasteiger partial charge in [0.15, 0.2) is 0 Å². The van der Waals surface area contributed by atoms with Gasteiger partial charge in [-0.15, -0.1) is 0 Å². The number of aromatic nitrogens is 2. The third-order valence-corrected chi connectivity index (χ3v) is 13.6. The predicted molar refractivity (Wildman–Crippen MR) is 156 cm³/mol. The van der Waals surface area contributed by atoms with Crippen LogP contribution < -0.4 is 5.73 Å². The number of nitrogens with two attached hydrogens (primary N) is 1. The van der Waals surface area contributed by atoms with E-state index in [9.17, 15) is 9.90 Å². The summed E-state index contributed by atoms with van der Waals surface area (Å²) in [6.45, 7) is 15.4. The number of ether oxygens (including phenoxy) is 1. The van der Waals surface area contributed by atoms with Crippen molar-refractivity contribution in [2.24, 2.45) is 50.6 Å². The van der Waals surface area contributed by atoms with E-state index in [0.717, 1.165) is 69.2 Å². The van der Waals surface area contributed by atoms with E-state index in [1.54, 1.807) is 6.20 Å². The number of hydrogen-bond donors (Lipinski definition) is 2. The van der Waals surface area contributed by atoms with Gasteiger partial charge in [0.1, 0.15) is 6.61 Å². The first-order valence-electron chi connectivity index (χ1n) is 15.8. The van der Waals surface area contributed by atoms with Crippen LogP contribution in [0.1, 0.15) is 104 Å². The Labute approximate surface area is 241 Å². The highest BCUT2D eigenvalue weighted by molar-refractivity contribution is 5.78. The normalized spacial score (nSPS) is 45.1. The van der Waals surface area contributed by atoms with Crippen LogP contribution in [0.2, 0.25) is 0 Å². The first-order valence-corrected chi connectivity index (χ1v) is 15.8. The SMILES string of the molecule is CC1(C)CC[C@]2(C(=O)OCCN)CC[C@]3(C)C(=CC[C@@H]4[C@@]5(C)Cc6nccnc6[C@@](C)(CO)[C@@H]5CC[C@]43C)[C@@H]2C1. The number of fused-ring (bicyclic) bond motifs is 8. The number of aliphatic hydroxyl groups is 1. The second-order valence-corrected chi connectivity index (χ2v) is 15.9. The van der Waals surface area contributed by atoms with Crippen molar-refractivity contribution in [2.75, 3.05) is 19.8 Å². The number of carbonyl (C=O) groups excluding carboxylic acids is 1. The summed E-state index contributed by atoms with van der Waals surface area (Å²) >= 11 is 0. The molecule has 0 aromatic carbocycles. The van der Waals surface area contributed by atoms with Gasteiger partial charge in [-0.05, 0) is 97.2 Å². The van der Waals surface area contributed by atoms with Crippen molar-refractivity contribution in [2.45, 2.75) is 105 Å². The van der Waals surface area contributed by atoms with Crippen molar-refractivity contribution in [1.29, 1.82) is 0 Å². The van der Waals surface area contributed by atoms with Gasteiger partial charge < -0.3 is 15.6 Å². The van der Waals surface area contributed by atoms with E-state index in [1.165, 1.54) is 5.57 Å². The molecule has 0 bridgehead atoms. The molecule has 0 amide bonds. The van der Waals surface area contributed by atoms with Crippen molar-refractivity contribution in [1.82, 2.24) is 9.97 Å². The molecule has 220 valence electrons. The zero-order valence-electron chi connectivity index (χ0n) is 25.7. The maximum Gasteiger partial charge on any atom is 0.312 e. The van der Waals surface area contributed by atoms with Crippen molar-refractivity contribution in [3.05, 3.63) is 35.4 Å². The zero-order chi connectivity index (χ0) is 28.8. The summed E-state index contributed by atoms with van der Waals surface area (Å²) in [6, 6.07) is 0. The van der Waals surface area contributed by atoms with E-state index in [1.807, 2.05) is 6.20 Å². The Morgan fingerprint density at radius 1 is 1.02 bits per heavy atom. The average molecular weight is 550 g/mol. The van der Waals surface area contributed by atoms with Gasteiger partial charge in [0.25, 0.3) is 0 Å². The fourth-order valence-corrected chi connectivity index (χ4v) is 11.2. The molecule has 0 radical (unpaired) electrons. The summed E-state index contributed by atoms with van der Waals surface area (Å²) in [5, 5.41) is 10.8. The Hall–Kier alpha value is -1.79. The Balaban J connectivity index is 1.44. The lowest BCUT2D eigenvalue weighted by Crippen LogP contribution is -2.65. The highest BCUT2D eigenvalue weighted by atomic mass is 16.5.